The zero-order valence-corrected chi connectivity index (χ0v) is 13.7. The summed E-state index contributed by atoms with van der Waals surface area (Å²) < 4.78 is 20.2. The highest BCUT2D eigenvalue weighted by Gasteiger charge is 2.18. The first-order chi connectivity index (χ1) is 12.0. The van der Waals surface area contributed by atoms with Gasteiger partial charge in [0, 0.05) is 6.54 Å². The number of nitrogens with zero attached hydrogens (tertiary/aromatic N) is 2. The number of carbonyl (C=O) groups excluding carboxylic acids is 1. The van der Waals surface area contributed by atoms with Crippen LogP contribution < -0.4 is 15.5 Å². The van der Waals surface area contributed by atoms with Crippen molar-refractivity contribution in [3.63, 3.8) is 0 Å². The highest BCUT2D eigenvalue weighted by atomic mass is 19.1. The average Bonchev–Trinajstić information content (AvgIpc) is 2.62. The Labute approximate surface area is 142 Å². The monoisotopic (exact) mass is 341 g/mol. The maximum atomic E-state index is 13.5. The smallest absolute Gasteiger partial charge is 0.280 e. The van der Waals surface area contributed by atoms with E-state index in [0.29, 0.717) is 23.5 Å². The number of ether oxygens (including phenoxy) is 1. The van der Waals surface area contributed by atoms with E-state index >= 15 is 0 Å². The van der Waals surface area contributed by atoms with Gasteiger partial charge >= 0.3 is 0 Å². The second-order valence-corrected chi connectivity index (χ2v) is 5.31. The van der Waals surface area contributed by atoms with E-state index < -0.39 is 17.2 Å². The van der Waals surface area contributed by atoms with E-state index in [1.54, 1.807) is 24.3 Å². The van der Waals surface area contributed by atoms with Crippen molar-refractivity contribution in [3.8, 4) is 5.75 Å². The molecule has 128 valence electrons. The number of aromatic nitrogens is 2. The number of para-hydroxylation sites is 2. The van der Waals surface area contributed by atoms with Crippen LogP contribution in [0, 0.1) is 5.82 Å². The van der Waals surface area contributed by atoms with Crippen molar-refractivity contribution in [2.45, 2.75) is 13.5 Å². The van der Waals surface area contributed by atoms with Crippen LogP contribution in [0.2, 0.25) is 0 Å². The highest BCUT2D eigenvalue weighted by molar-refractivity contribution is 6.05. The van der Waals surface area contributed by atoms with Crippen molar-refractivity contribution < 1.29 is 13.9 Å². The van der Waals surface area contributed by atoms with Gasteiger partial charge in [0.1, 0.15) is 11.6 Å². The largest absolute Gasteiger partial charge is 0.495 e. The molecule has 6 nitrogen and oxygen atoms in total. The van der Waals surface area contributed by atoms with Crippen LogP contribution in [-0.4, -0.2) is 22.8 Å². The van der Waals surface area contributed by atoms with Gasteiger partial charge in [-0.1, -0.05) is 12.1 Å². The van der Waals surface area contributed by atoms with Gasteiger partial charge in [-0.25, -0.2) is 4.39 Å². The van der Waals surface area contributed by atoms with Crippen molar-refractivity contribution >= 4 is 22.5 Å². The molecule has 0 aliphatic rings. The normalized spacial score (nSPS) is 10.7. The summed E-state index contributed by atoms with van der Waals surface area (Å²) in [6, 6.07) is 10.7. The number of amides is 1. The maximum absolute atomic E-state index is 13.5. The van der Waals surface area contributed by atoms with E-state index in [0.717, 1.165) is 6.07 Å². The fourth-order valence-electron chi connectivity index (χ4n) is 2.58. The molecule has 25 heavy (non-hydrogen) atoms. The first kappa shape index (κ1) is 16.6. The topological polar surface area (TPSA) is 73.2 Å². The third-order valence-electron chi connectivity index (χ3n) is 3.79. The minimum Gasteiger partial charge on any atom is -0.495 e. The van der Waals surface area contributed by atoms with Crippen LogP contribution in [0.25, 0.3) is 10.9 Å². The fourth-order valence-corrected chi connectivity index (χ4v) is 2.58. The van der Waals surface area contributed by atoms with Crippen LogP contribution in [0.15, 0.2) is 47.3 Å². The molecule has 2 aromatic carbocycles. The van der Waals surface area contributed by atoms with Gasteiger partial charge in [-0.2, -0.15) is 5.10 Å². The predicted molar refractivity (Wildman–Crippen MR) is 92.6 cm³/mol. The van der Waals surface area contributed by atoms with Crippen LogP contribution >= 0.6 is 0 Å². The van der Waals surface area contributed by atoms with E-state index in [4.69, 9.17) is 4.74 Å². The molecule has 0 bridgehead atoms. The lowest BCUT2D eigenvalue weighted by molar-refractivity contribution is 0.101. The van der Waals surface area contributed by atoms with E-state index in [-0.39, 0.29) is 11.1 Å². The van der Waals surface area contributed by atoms with Crippen molar-refractivity contribution in [1.82, 2.24) is 9.78 Å². The lowest BCUT2D eigenvalue weighted by Crippen LogP contribution is -2.27. The number of benzene rings is 2. The van der Waals surface area contributed by atoms with E-state index in [9.17, 15) is 14.0 Å². The fraction of sp³-hybridized carbons (Fsp3) is 0.167. The van der Waals surface area contributed by atoms with Gasteiger partial charge in [0.2, 0.25) is 5.43 Å². The number of aryl methyl sites for hydroxylation is 1. The molecule has 0 aliphatic heterocycles. The number of nitrogens with one attached hydrogen (secondary N) is 1. The summed E-state index contributed by atoms with van der Waals surface area (Å²) in [7, 11) is 1.48. The summed E-state index contributed by atoms with van der Waals surface area (Å²) in [6.07, 6.45) is 0. The zero-order valence-electron chi connectivity index (χ0n) is 13.7. The van der Waals surface area contributed by atoms with Gasteiger partial charge in [-0.15, -0.1) is 0 Å². The van der Waals surface area contributed by atoms with Crippen LogP contribution in [-0.2, 0) is 6.54 Å². The number of anilines is 1. The third-order valence-corrected chi connectivity index (χ3v) is 3.79. The third kappa shape index (κ3) is 3.08. The van der Waals surface area contributed by atoms with Gasteiger partial charge in [-0.05, 0) is 37.3 Å². The first-order valence-corrected chi connectivity index (χ1v) is 7.70. The lowest BCUT2D eigenvalue weighted by atomic mass is 10.2. The van der Waals surface area contributed by atoms with E-state index in [2.05, 4.69) is 10.4 Å². The Balaban J connectivity index is 2.10. The molecule has 0 saturated heterocycles. The Morgan fingerprint density at radius 2 is 2.04 bits per heavy atom. The van der Waals surface area contributed by atoms with Gasteiger partial charge in [0.25, 0.3) is 5.91 Å². The quantitative estimate of drug-likeness (QED) is 0.792. The molecule has 0 unspecified atom stereocenters. The molecule has 3 rings (SSSR count). The minimum absolute atomic E-state index is 0.113. The van der Waals surface area contributed by atoms with E-state index in [1.165, 1.54) is 23.9 Å². The number of halogens is 1. The van der Waals surface area contributed by atoms with Gasteiger partial charge in [0.05, 0.1) is 23.7 Å². The molecule has 1 N–H and O–H groups in total. The van der Waals surface area contributed by atoms with Crippen molar-refractivity contribution in [1.29, 1.82) is 0 Å². The van der Waals surface area contributed by atoms with E-state index in [1.807, 2.05) is 6.92 Å². The number of rotatable bonds is 4. The van der Waals surface area contributed by atoms with Crippen LogP contribution in [0.5, 0.6) is 5.75 Å². The lowest BCUT2D eigenvalue weighted by Gasteiger charge is -2.12. The molecule has 0 spiro atoms. The molecule has 0 radical (unpaired) electrons. The molecule has 1 aromatic heterocycles. The summed E-state index contributed by atoms with van der Waals surface area (Å²) in [4.78, 5) is 25.2. The van der Waals surface area contributed by atoms with Crippen molar-refractivity contribution in [3.05, 3.63) is 64.2 Å². The second-order valence-electron chi connectivity index (χ2n) is 5.31. The summed E-state index contributed by atoms with van der Waals surface area (Å²) in [6.45, 7) is 2.25. The van der Waals surface area contributed by atoms with Crippen molar-refractivity contribution in [2.75, 3.05) is 12.4 Å². The number of carbonyl (C=O) groups is 1. The standard InChI is InChI=1S/C18H16FN3O3/c1-3-22-14-9-8-11(19)10-12(14)17(23)16(21-22)18(24)20-13-6-4-5-7-15(13)25-2/h4-10H,3H2,1-2H3,(H,20,24). The molecular formula is C18H16FN3O3. The Kier molecular flexibility index (Phi) is 4.47. The summed E-state index contributed by atoms with van der Waals surface area (Å²) in [5.41, 5.74) is -0.0289. The number of hydrogen-bond donors (Lipinski definition) is 1. The molecule has 1 amide bonds. The Morgan fingerprint density at radius 3 is 2.76 bits per heavy atom. The predicted octanol–water partition coefficient (Wildman–Crippen LogP) is 2.82. The van der Waals surface area contributed by atoms with Crippen LogP contribution in [0.3, 0.4) is 0 Å². The second kappa shape index (κ2) is 6.72. The molecule has 0 aliphatic carbocycles. The number of methoxy groups -OCH3 is 1. The molecule has 3 aromatic rings. The number of fused-ring (bicyclic) bond motifs is 1. The maximum Gasteiger partial charge on any atom is 0.280 e. The Morgan fingerprint density at radius 1 is 1.28 bits per heavy atom. The van der Waals surface area contributed by atoms with Crippen LogP contribution in [0.4, 0.5) is 10.1 Å². The molecular weight excluding hydrogens is 325 g/mol. The number of hydrogen-bond acceptors (Lipinski definition) is 4. The first-order valence-electron chi connectivity index (χ1n) is 7.70. The summed E-state index contributed by atoms with van der Waals surface area (Å²) in [5, 5.41) is 6.86. The van der Waals surface area contributed by atoms with Gasteiger partial charge < -0.3 is 10.1 Å². The summed E-state index contributed by atoms with van der Waals surface area (Å²) >= 11 is 0. The summed E-state index contributed by atoms with van der Waals surface area (Å²) in [5.74, 6) is -0.768. The molecule has 0 saturated carbocycles. The SMILES string of the molecule is CCn1nc(C(=O)Nc2ccccc2OC)c(=O)c2cc(F)ccc21. The minimum atomic E-state index is -0.678. The van der Waals surface area contributed by atoms with Gasteiger partial charge in [0.15, 0.2) is 5.69 Å². The Hall–Kier alpha value is -3.22. The highest BCUT2D eigenvalue weighted by Crippen LogP contribution is 2.23. The molecule has 0 atom stereocenters. The molecule has 1 heterocycles. The molecule has 7 heteroatoms. The van der Waals surface area contributed by atoms with Gasteiger partial charge in [-0.3, -0.25) is 14.3 Å². The zero-order chi connectivity index (χ0) is 18.0. The Bertz CT molecular complexity index is 1010. The van der Waals surface area contributed by atoms with Crippen LogP contribution in [0.1, 0.15) is 17.4 Å². The average molecular weight is 341 g/mol. The van der Waals surface area contributed by atoms with Crippen molar-refractivity contribution in [2.24, 2.45) is 0 Å². The molecule has 0 fully saturated rings.